The van der Waals surface area contributed by atoms with Gasteiger partial charge in [-0.1, -0.05) is 19.9 Å². The van der Waals surface area contributed by atoms with E-state index in [4.69, 9.17) is 0 Å². The summed E-state index contributed by atoms with van der Waals surface area (Å²) in [6.45, 7) is 6.31. The second-order valence-corrected chi connectivity index (χ2v) is 4.71. The molecule has 0 radical (unpaired) electrons. The predicted molar refractivity (Wildman–Crippen MR) is 66.7 cm³/mol. The molecule has 1 aromatic heterocycles. The number of pyridine rings is 1. The highest BCUT2D eigenvalue weighted by molar-refractivity contribution is 5.73. The van der Waals surface area contributed by atoms with Crippen LogP contribution in [0.2, 0.25) is 0 Å². The Morgan fingerprint density at radius 3 is 2.59 bits per heavy atom. The lowest BCUT2D eigenvalue weighted by atomic mass is 10.0. The zero-order valence-corrected chi connectivity index (χ0v) is 10.8. The predicted octanol–water partition coefficient (Wildman–Crippen LogP) is 1.93. The second kappa shape index (κ2) is 5.77. The Kier molecular flexibility index (Phi) is 4.63. The van der Waals surface area contributed by atoms with Crippen LogP contribution in [0.3, 0.4) is 0 Å². The Morgan fingerprint density at radius 1 is 1.47 bits per heavy atom. The lowest BCUT2D eigenvalue weighted by Crippen LogP contribution is -2.42. The molecule has 1 N–H and O–H groups in total. The maximum absolute atomic E-state index is 11.2. The molecule has 1 rings (SSSR count). The van der Waals surface area contributed by atoms with Crippen molar-refractivity contribution in [1.82, 2.24) is 9.88 Å². The summed E-state index contributed by atoms with van der Waals surface area (Å²) in [6, 6.07) is 5.32. The summed E-state index contributed by atoms with van der Waals surface area (Å²) in [5.41, 5.74) is 1.85. The van der Waals surface area contributed by atoms with E-state index in [1.54, 1.807) is 0 Å². The van der Waals surface area contributed by atoms with Crippen LogP contribution in [-0.4, -0.2) is 34.0 Å². The zero-order valence-electron chi connectivity index (χ0n) is 10.8. The summed E-state index contributed by atoms with van der Waals surface area (Å²) >= 11 is 0. The third-order valence-corrected chi connectivity index (χ3v) is 2.72. The van der Waals surface area contributed by atoms with Crippen molar-refractivity contribution in [3.8, 4) is 0 Å². The van der Waals surface area contributed by atoms with Gasteiger partial charge in [0.15, 0.2) is 0 Å². The molecule has 1 atom stereocenters. The van der Waals surface area contributed by atoms with Crippen molar-refractivity contribution in [2.45, 2.75) is 33.4 Å². The van der Waals surface area contributed by atoms with Gasteiger partial charge in [-0.3, -0.25) is 14.7 Å². The molecule has 0 aliphatic heterocycles. The molecule has 0 fully saturated rings. The van der Waals surface area contributed by atoms with Crippen LogP contribution < -0.4 is 0 Å². The Bertz CT molecular complexity index is 391. The number of carboxylic acids is 1. The first-order valence-electron chi connectivity index (χ1n) is 5.77. The topological polar surface area (TPSA) is 53.4 Å². The van der Waals surface area contributed by atoms with Crippen LogP contribution >= 0.6 is 0 Å². The Morgan fingerprint density at radius 2 is 2.12 bits per heavy atom. The van der Waals surface area contributed by atoms with Crippen LogP contribution in [0.4, 0.5) is 0 Å². The number of aromatic nitrogens is 1. The van der Waals surface area contributed by atoms with Crippen LogP contribution in [0.25, 0.3) is 0 Å². The largest absolute Gasteiger partial charge is 0.480 e. The highest BCUT2D eigenvalue weighted by Gasteiger charge is 2.26. The third kappa shape index (κ3) is 3.82. The molecule has 4 heteroatoms. The maximum atomic E-state index is 11.2. The molecule has 1 heterocycles. The van der Waals surface area contributed by atoms with Crippen molar-refractivity contribution in [2.75, 3.05) is 7.05 Å². The molecule has 0 aliphatic carbocycles. The number of nitrogens with zero attached hydrogens (tertiary/aromatic N) is 2. The molecule has 0 saturated carbocycles. The van der Waals surface area contributed by atoms with Gasteiger partial charge in [0.25, 0.3) is 0 Å². The summed E-state index contributed by atoms with van der Waals surface area (Å²) in [4.78, 5) is 17.4. The van der Waals surface area contributed by atoms with Gasteiger partial charge in [-0.25, -0.2) is 0 Å². The maximum Gasteiger partial charge on any atom is 0.321 e. The molecule has 1 unspecified atom stereocenters. The number of rotatable bonds is 5. The fourth-order valence-corrected chi connectivity index (χ4v) is 2.02. The Hall–Kier alpha value is -1.42. The van der Waals surface area contributed by atoms with Gasteiger partial charge >= 0.3 is 5.97 Å². The van der Waals surface area contributed by atoms with Crippen molar-refractivity contribution in [2.24, 2.45) is 5.92 Å². The first-order valence-corrected chi connectivity index (χ1v) is 5.77. The van der Waals surface area contributed by atoms with E-state index in [2.05, 4.69) is 4.98 Å². The summed E-state index contributed by atoms with van der Waals surface area (Å²) < 4.78 is 0. The van der Waals surface area contributed by atoms with E-state index in [0.29, 0.717) is 6.54 Å². The minimum absolute atomic E-state index is 0.0716. The lowest BCUT2D eigenvalue weighted by molar-refractivity contribution is -0.144. The van der Waals surface area contributed by atoms with Gasteiger partial charge in [0.2, 0.25) is 0 Å². The standard InChI is InChI=1S/C13H20N2O2/c1-9(2)12(13(16)17)15(4)8-11-7-5-6-10(3)14-11/h5-7,9,12H,8H2,1-4H3,(H,16,17). The minimum Gasteiger partial charge on any atom is -0.480 e. The average Bonchev–Trinajstić information content (AvgIpc) is 2.15. The number of hydrogen-bond donors (Lipinski definition) is 1. The van der Waals surface area contributed by atoms with E-state index >= 15 is 0 Å². The van der Waals surface area contributed by atoms with Crippen LogP contribution in [0.5, 0.6) is 0 Å². The SMILES string of the molecule is Cc1cccc(CN(C)C(C(=O)O)C(C)C)n1. The quantitative estimate of drug-likeness (QED) is 0.848. The molecule has 17 heavy (non-hydrogen) atoms. The van der Waals surface area contributed by atoms with Crippen LogP contribution in [0.1, 0.15) is 25.2 Å². The second-order valence-electron chi connectivity index (χ2n) is 4.71. The molecule has 0 bridgehead atoms. The Labute approximate surface area is 102 Å². The van der Waals surface area contributed by atoms with E-state index in [0.717, 1.165) is 11.4 Å². The molecular formula is C13H20N2O2. The van der Waals surface area contributed by atoms with Crippen molar-refractivity contribution < 1.29 is 9.90 Å². The molecule has 4 nitrogen and oxygen atoms in total. The highest BCUT2D eigenvalue weighted by atomic mass is 16.4. The van der Waals surface area contributed by atoms with Crippen LogP contribution in [-0.2, 0) is 11.3 Å². The van der Waals surface area contributed by atoms with E-state index in [1.807, 2.05) is 50.9 Å². The number of likely N-dealkylation sites (N-methyl/N-ethyl adjacent to an activating group) is 1. The first kappa shape index (κ1) is 13.6. The Balaban J connectivity index is 2.76. The fourth-order valence-electron chi connectivity index (χ4n) is 2.02. The first-order chi connectivity index (χ1) is 7.91. The van der Waals surface area contributed by atoms with Crippen molar-refractivity contribution in [3.05, 3.63) is 29.6 Å². The van der Waals surface area contributed by atoms with Crippen LogP contribution in [0, 0.1) is 12.8 Å². The van der Waals surface area contributed by atoms with E-state index < -0.39 is 12.0 Å². The molecule has 0 aromatic carbocycles. The number of carboxylic acid groups (broad SMARTS) is 1. The summed E-state index contributed by atoms with van der Waals surface area (Å²) in [5, 5.41) is 9.18. The molecule has 1 aromatic rings. The number of aliphatic carboxylic acids is 1. The highest BCUT2D eigenvalue weighted by Crippen LogP contribution is 2.12. The molecule has 0 saturated heterocycles. The van der Waals surface area contributed by atoms with Gasteiger partial charge < -0.3 is 5.11 Å². The fraction of sp³-hybridized carbons (Fsp3) is 0.538. The number of hydrogen-bond acceptors (Lipinski definition) is 3. The van der Waals surface area contributed by atoms with Gasteiger partial charge in [0.05, 0.1) is 5.69 Å². The van der Waals surface area contributed by atoms with Gasteiger partial charge in [-0.05, 0) is 32.0 Å². The van der Waals surface area contributed by atoms with Crippen molar-refractivity contribution in [3.63, 3.8) is 0 Å². The average molecular weight is 236 g/mol. The van der Waals surface area contributed by atoms with E-state index in [9.17, 15) is 9.90 Å². The van der Waals surface area contributed by atoms with Crippen LogP contribution in [0.15, 0.2) is 18.2 Å². The molecule has 0 amide bonds. The van der Waals surface area contributed by atoms with Gasteiger partial charge in [0, 0.05) is 12.2 Å². The monoisotopic (exact) mass is 236 g/mol. The molecular weight excluding hydrogens is 216 g/mol. The number of aryl methyl sites for hydroxylation is 1. The minimum atomic E-state index is -0.782. The van der Waals surface area contributed by atoms with Gasteiger partial charge in [-0.2, -0.15) is 0 Å². The molecule has 0 aliphatic rings. The lowest BCUT2D eigenvalue weighted by Gasteiger charge is -2.27. The van der Waals surface area contributed by atoms with Crippen molar-refractivity contribution in [1.29, 1.82) is 0 Å². The van der Waals surface area contributed by atoms with E-state index in [1.165, 1.54) is 0 Å². The van der Waals surface area contributed by atoms with Crippen molar-refractivity contribution >= 4 is 5.97 Å². The molecule has 94 valence electrons. The number of carbonyl (C=O) groups is 1. The molecule has 0 spiro atoms. The van der Waals surface area contributed by atoms with Gasteiger partial charge in [0.1, 0.15) is 6.04 Å². The zero-order chi connectivity index (χ0) is 13.0. The smallest absolute Gasteiger partial charge is 0.321 e. The summed E-state index contributed by atoms with van der Waals surface area (Å²) in [5.74, 6) is -0.711. The third-order valence-electron chi connectivity index (χ3n) is 2.72. The van der Waals surface area contributed by atoms with E-state index in [-0.39, 0.29) is 5.92 Å². The normalized spacial score (nSPS) is 13.1. The van der Waals surface area contributed by atoms with Gasteiger partial charge in [-0.15, -0.1) is 0 Å². The summed E-state index contributed by atoms with van der Waals surface area (Å²) in [7, 11) is 1.82. The summed E-state index contributed by atoms with van der Waals surface area (Å²) in [6.07, 6.45) is 0.